The Morgan fingerprint density at radius 1 is 1.12 bits per heavy atom. The summed E-state index contributed by atoms with van der Waals surface area (Å²) in [6, 6.07) is 9.68. The number of hydrogen-bond acceptors (Lipinski definition) is 5. The number of hydrogen-bond donors (Lipinski definition) is 2. The molecule has 0 aromatic heterocycles. The number of amides is 1. The highest BCUT2D eigenvalue weighted by Crippen LogP contribution is 2.41. The summed E-state index contributed by atoms with van der Waals surface area (Å²) in [5, 5.41) is 5.66. The predicted molar refractivity (Wildman–Crippen MR) is 119 cm³/mol. The molecule has 3 heterocycles. The van der Waals surface area contributed by atoms with Crippen LogP contribution in [0.3, 0.4) is 0 Å². The van der Waals surface area contributed by atoms with Crippen molar-refractivity contribution in [1.29, 1.82) is 0 Å². The maximum atomic E-state index is 13.9. The Labute approximate surface area is 189 Å². The molecule has 2 saturated heterocycles. The minimum absolute atomic E-state index is 0.133. The lowest BCUT2D eigenvalue weighted by atomic mass is 10.0. The fourth-order valence-corrected chi connectivity index (χ4v) is 4.73. The average Bonchev–Trinajstić information content (AvgIpc) is 3.36. The zero-order valence-electron chi connectivity index (χ0n) is 18.1. The van der Waals surface area contributed by atoms with Crippen LogP contribution in [-0.2, 0) is 20.4 Å². The Balaban J connectivity index is 1.40. The van der Waals surface area contributed by atoms with Gasteiger partial charge in [0.15, 0.2) is 5.79 Å². The molecule has 2 aromatic carbocycles. The quantitative estimate of drug-likeness (QED) is 0.648. The van der Waals surface area contributed by atoms with Crippen LogP contribution in [0.5, 0.6) is 0 Å². The van der Waals surface area contributed by atoms with Crippen molar-refractivity contribution in [2.45, 2.75) is 31.7 Å². The minimum Gasteiger partial charge on any atom is -0.371 e. The molecule has 2 aromatic rings. The number of fused-ring (bicyclic) bond motifs is 1. The van der Waals surface area contributed by atoms with E-state index < -0.39 is 17.5 Å². The third kappa shape index (κ3) is 4.06. The van der Waals surface area contributed by atoms with Crippen molar-refractivity contribution >= 4 is 28.5 Å². The average molecular weight is 459 g/mol. The van der Waals surface area contributed by atoms with Crippen LogP contribution in [-0.4, -0.2) is 38.0 Å². The van der Waals surface area contributed by atoms with Gasteiger partial charge in [0.2, 0.25) is 0 Å². The number of ether oxygens (including phenoxy) is 2. The summed E-state index contributed by atoms with van der Waals surface area (Å²) in [5.74, 6) is -0.947. The summed E-state index contributed by atoms with van der Waals surface area (Å²) in [6.45, 7) is 3.75. The van der Waals surface area contributed by atoms with Gasteiger partial charge in [-0.1, -0.05) is 12.1 Å². The van der Waals surface area contributed by atoms with E-state index in [2.05, 4.69) is 10.6 Å². The summed E-state index contributed by atoms with van der Waals surface area (Å²) >= 11 is 0. The fraction of sp³-hybridized carbons (Fsp3) is 0.375. The first-order valence-electron chi connectivity index (χ1n) is 10.9. The second kappa shape index (κ2) is 8.07. The van der Waals surface area contributed by atoms with E-state index in [0.717, 1.165) is 17.2 Å². The van der Waals surface area contributed by atoms with Crippen molar-refractivity contribution < 1.29 is 27.4 Å². The van der Waals surface area contributed by atoms with E-state index in [4.69, 9.17) is 9.47 Å². The van der Waals surface area contributed by atoms with Crippen molar-refractivity contribution in [3.05, 3.63) is 59.3 Å². The second-order valence-corrected chi connectivity index (χ2v) is 8.48. The minimum atomic E-state index is -4.52. The van der Waals surface area contributed by atoms with Gasteiger partial charge in [-0.05, 0) is 36.8 Å². The van der Waals surface area contributed by atoms with Gasteiger partial charge >= 0.3 is 6.18 Å². The zero-order chi connectivity index (χ0) is 23.2. The molecule has 2 N–H and O–H groups in total. The first kappa shape index (κ1) is 21.8. The molecule has 9 heteroatoms. The third-order valence-corrected chi connectivity index (χ3v) is 6.40. The highest BCUT2D eigenvalue weighted by atomic mass is 19.4. The molecule has 0 saturated carbocycles. The lowest BCUT2D eigenvalue weighted by molar-refractivity contribution is -0.169. The molecule has 1 amide bonds. The highest BCUT2D eigenvalue weighted by molar-refractivity contribution is 6.32. The van der Waals surface area contributed by atoms with Crippen LogP contribution < -0.4 is 15.5 Å². The van der Waals surface area contributed by atoms with Crippen molar-refractivity contribution in [1.82, 2.24) is 0 Å². The number of rotatable bonds is 3. The predicted octanol–water partition coefficient (Wildman–Crippen LogP) is 4.76. The van der Waals surface area contributed by atoms with Gasteiger partial charge in [-0.3, -0.25) is 4.79 Å². The van der Waals surface area contributed by atoms with Gasteiger partial charge < -0.3 is 25.0 Å². The number of piperidine rings is 1. The molecule has 0 atom stereocenters. The van der Waals surface area contributed by atoms with Crippen LogP contribution in [0, 0.1) is 6.92 Å². The van der Waals surface area contributed by atoms with Crippen molar-refractivity contribution in [3.63, 3.8) is 0 Å². The molecule has 0 bridgehead atoms. The van der Waals surface area contributed by atoms with Crippen LogP contribution in [0.15, 0.2) is 42.6 Å². The number of nitrogens with one attached hydrogen (secondary N) is 2. The normalized spacial score (nSPS) is 20.9. The number of carbonyl (C=O) groups excluding carboxylic acids is 1. The van der Waals surface area contributed by atoms with Crippen LogP contribution in [0.1, 0.15) is 29.5 Å². The molecule has 2 fully saturated rings. The number of benzene rings is 2. The van der Waals surface area contributed by atoms with Crippen LogP contribution in [0.4, 0.5) is 30.2 Å². The summed E-state index contributed by atoms with van der Waals surface area (Å²) < 4.78 is 53.2. The number of anilines is 3. The fourth-order valence-electron chi connectivity index (χ4n) is 4.73. The monoisotopic (exact) mass is 459 g/mol. The van der Waals surface area contributed by atoms with Gasteiger partial charge in [0.1, 0.15) is 0 Å². The Morgan fingerprint density at radius 2 is 1.85 bits per heavy atom. The van der Waals surface area contributed by atoms with E-state index in [1.807, 2.05) is 19.1 Å². The maximum Gasteiger partial charge on any atom is 0.418 e. The standard InChI is InChI=1S/C24H24F3N3O3/c1-15-3-2-4-19-21(15)17(22(31)29-19)14-28-16-5-6-20(18(13-16)24(25,26)27)30-9-7-23(8-10-30)32-11-12-33-23/h2-6,13-14,28H,7-12H2,1H3,(H,29,31)/b17-14+. The Kier molecular flexibility index (Phi) is 5.33. The molecule has 1 spiro atoms. The molecule has 3 aliphatic rings. The van der Waals surface area contributed by atoms with E-state index in [9.17, 15) is 18.0 Å². The molecule has 0 aliphatic carbocycles. The molecule has 174 valence electrons. The number of nitrogens with zero attached hydrogens (tertiary/aromatic N) is 1. The van der Waals surface area contributed by atoms with Crippen LogP contribution in [0.25, 0.3) is 5.57 Å². The molecule has 6 nitrogen and oxygen atoms in total. The van der Waals surface area contributed by atoms with Crippen molar-refractivity contribution in [2.75, 3.05) is 41.8 Å². The van der Waals surface area contributed by atoms with Gasteiger partial charge in [0.25, 0.3) is 5.91 Å². The van der Waals surface area contributed by atoms with Crippen LogP contribution in [0.2, 0.25) is 0 Å². The van der Waals surface area contributed by atoms with Crippen LogP contribution >= 0.6 is 0 Å². The molecular weight excluding hydrogens is 435 g/mol. The summed E-state index contributed by atoms with van der Waals surface area (Å²) in [4.78, 5) is 14.1. The lowest BCUT2D eigenvalue weighted by Gasteiger charge is -2.39. The SMILES string of the molecule is Cc1cccc2c1/C(=C\Nc1ccc(N3CCC4(CC3)OCCO4)c(C(F)(F)F)c1)C(=O)N2. The molecule has 0 unspecified atom stereocenters. The summed E-state index contributed by atoms with van der Waals surface area (Å²) in [7, 11) is 0. The maximum absolute atomic E-state index is 13.9. The zero-order valence-corrected chi connectivity index (χ0v) is 18.1. The van der Waals surface area contributed by atoms with Gasteiger partial charge in [-0.15, -0.1) is 0 Å². The van der Waals surface area contributed by atoms with Gasteiger partial charge in [-0.25, -0.2) is 0 Å². The van der Waals surface area contributed by atoms with E-state index in [0.29, 0.717) is 50.4 Å². The van der Waals surface area contributed by atoms with Crippen molar-refractivity contribution in [3.8, 4) is 0 Å². The number of halogens is 3. The molecule has 0 radical (unpaired) electrons. The van der Waals surface area contributed by atoms with E-state index in [1.165, 1.54) is 12.3 Å². The Hall–Kier alpha value is -3.04. The molecule has 33 heavy (non-hydrogen) atoms. The summed E-state index contributed by atoms with van der Waals surface area (Å²) in [5.41, 5.74) is 2.40. The first-order chi connectivity index (χ1) is 15.8. The van der Waals surface area contributed by atoms with Gasteiger partial charge in [-0.2, -0.15) is 13.2 Å². The van der Waals surface area contributed by atoms with Gasteiger partial charge in [0.05, 0.1) is 24.4 Å². The van der Waals surface area contributed by atoms with E-state index >= 15 is 0 Å². The number of carbonyl (C=O) groups is 1. The van der Waals surface area contributed by atoms with Gasteiger partial charge in [0, 0.05) is 54.8 Å². The smallest absolute Gasteiger partial charge is 0.371 e. The topological polar surface area (TPSA) is 62.8 Å². The molecular formula is C24H24F3N3O3. The van der Waals surface area contributed by atoms with E-state index in [-0.39, 0.29) is 17.3 Å². The Morgan fingerprint density at radius 3 is 2.55 bits per heavy atom. The summed E-state index contributed by atoms with van der Waals surface area (Å²) in [6.07, 6.45) is -2.03. The number of aryl methyl sites for hydroxylation is 1. The third-order valence-electron chi connectivity index (χ3n) is 6.40. The largest absolute Gasteiger partial charge is 0.418 e. The Bertz CT molecular complexity index is 1110. The molecule has 3 aliphatic heterocycles. The number of alkyl halides is 3. The van der Waals surface area contributed by atoms with E-state index in [1.54, 1.807) is 17.0 Å². The molecule has 5 rings (SSSR count). The van der Waals surface area contributed by atoms with Crippen molar-refractivity contribution in [2.24, 2.45) is 0 Å². The first-order valence-corrected chi connectivity index (χ1v) is 10.9. The lowest BCUT2D eigenvalue weighted by Crippen LogP contribution is -2.45. The second-order valence-electron chi connectivity index (χ2n) is 8.48. The highest BCUT2D eigenvalue weighted by Gasteiger charge is 2.42.